The highest BCUT2D eigenvalue weighted by Gasteiger charge is 2.31. The van der Waals surface area contributed by atoms with Gasteiger partial charge in [-0.1, -0.05) is 30.0 Å². The molecule has 1 atom stereocenters. The Balaban J connectivity index is 1.76. The third kappa shape index (κ3) is 3.57. The minimum absolute atomic E-state index is 0.0992. The van der Waals surface area contributed by atoms with Crippen LogP contribution in [0.3, 0.4) is 0 Å². The molecule has 0 saturated carbocycles. The predicted octanol–water partition coefficient (Wildman–Crippen LogP) is 2.51. The van der Waals surface area contributed by atoms with Crippen molar-refractivity contribution in [1.82, 2.24) is 14.3 Å². The van der Waals surface area contributed by atoms with E-state index in [2.05, 4.69) is 10.3 Å². The van der Waals surface area contributed by atoms with Crippen molar-refractivity contribution in [3.8, 4) is 0 Å². The minimum atomic E-state index is -0.234. The first kappa shape index (κ1) is 19.1. The number of anilines is 1. The Kier molecular flexibility index (Phi) is 5.47. The number of ether oxygens (including phenoxy) is 1. The number of pyridine rings is 1. The fourth-order valence-electron chi connectivity index (χ4n) is 3.29. The van der Waals surface area contributed by atoms with Crippen LogP contribution in [-0.4, -0.2) is 50.3 Å². The number of carbonyl (C=O) groups is 1. The molecule has 28 heavy (non-hydrogen) atoms. The van der Waals surface area contributed by atoms with E-state index in [-0.39, 0.29) is 17.6 Å². The molecule has 4 heterocycles. The number of nitrogens with zero attached hydrogens (tertiary/aromatic N) is 3. The summed E-state index contributed by atoms with van der Waals surface area (Å²) in [5, 5.41) is 3.25. The zero-order valence-electron chi connectivity index (χ0n) is 15.4. The van der Waals surface area contributed by atoms with Crippen molar-refractivity contribution in [3.05, 3.63) is 45.2 Å². The van der Waals surface area contributed by atoms with Gasteiger partial charge in [-0.3, -0.25) is 18.9 Å². The Morgan fingerprint density at radius 1 is 1.43 bits per heavy atom. The zero-order valence-corrected chi connectivity index (χ0v) is 17.0. The maximum Gasteiger partial charge on any atom is 0.267 e. The quantitative estimate of drug-likeness (QED) is 0.593. The number of fused-ring (bicyclic) bond motifs is 1. The maximum atomic E-state index is 13.1. The van der Waals surface area contributed by atoms with Gasteiger partial charge in [-0.05, 0) is 38.0 Å². The molecule has 0 aromatic carbocycles. The van der Waals surface area contributed by atoms with Crippen LogP contribution in [-0.2, 0) is 9.53 Å². The van der Waals surface area contributed by atoms with Crippen LogP contribution < -0.4 is 10.9 Å². The Morgan fingerprint density at radius 2 is 2.29 bits per heavy atom. The molecule has 7 nitrogen and oxygen atoms in total. The summed E-state index contributed by atoms with van der Waals surface area (Å²) >= 11 is 6.48. The fraction of sp³-hybridized carbons (Fsp3) is 0.368. The summed E-state index contributed by atoms with van der Waals surface area (Å²) in [5.74, 6) is 0.272. The van der Waals surface area contributed by atoms with Gasteiger partial charge in [0.1, 0.15) is 15.8 Å². The van der Waals surface area contributed by atoms with Gasteiger partial charge in [0.2, 0.25) is 0 Å². The summed E-state index contributed by atoms with van der Waals surface area (Å²) in [6, 6.07) is 5.38. The Bertz CT molecular complexity index is 1030. The van der Waals surface area contributed by atoms with E-state index in [1.807, 2.05) is 13.0 Å². The van der Waals surface area contributed by atoms with Gasteiger partial charge in [-0.15, -0.1) is 0 Å². The summed E-state index contributed by atoms with van der Waals surface area (Å²) in [7, 11) is 0. The number of aromatic nitrogens is 2. The van der Waals surface area contributed by atoms with E-state index < -0.39 is 0 Å². The molecule has 0 spiro atoms. The average Bonchev–Trinajstić information content (AvgIpc) is 3.30. The third-order valence-corrected chi connectivity index (χ3v) is 6.13. The SMILES string of the molecule is CCN1C(=O)/C(=C/c2c(NC[C@@H]3CCCO3)nc3ccccn3c2=O)SC1=S. The van der Waals surface area contributed by atoms with Crippen LogP contribution in [0.15, 0.2) is 34.1 Å². The van der Waals surface area contributed by atoms with Crippen molar-refractivity contribution in [2.24, 2.45) is 0 Å². The van der Waals surface area contributed by atoms with Crippen molar-refractivity contribution in [1.29, 1.82) is 0 Å². The Hall–Kier alpha value is -2.23. The van der Waals surface area contributed by atoms with Gasteiger partial charge >= 0.3 is 0 Å². The molecule has 1 amide bonds. The van der Waals surface area contributed by atoms with Crippen molar-refractivity contribution in [2.75, 3.05) is 25.0 Å². The van der Waals surface area contributed by atoms with Crippen LogP contribution in [0.1, 0.15) is 25.3 Å². The van der Waals surface area contributed by atoms with Crippen LogP contribution >= 0.6 is 24.0 Å². The standard InChI is InChI=1S/C19H20N4O3S2/c1-2-22-18(25)14(28-19(22)27)10-13-16(20-11-12-6-5-9-26-12)21-15-7-3-4-8-23(15)17(13)24/h3-4,7-8,10,12,20H,2,5-6,9,11H2,1H3/b14-10-/t12-/m0/s1. The van der Waals surface area contributed by atoms with Crippen LogP contribution in [0.2, 0.25) is 0 Å². The van der Waals surface area contributed by atoms with Crippen molar-refractivity contribution >= 4 is 51.7 Å². The second kappa shape index (κ2) is 8.02. The molecule has 2 aliphatic rings. The van der Waals surface area contributed by atoms with Crippen molar-refractivity contribution in [3.63, 3.8) is 0 Å². The van der Waals surface area contributed by atoms with Gasteiger partial charge in [0.25, 0.3) is 11.5 Å². The number of amides is 1. The molecule has 1 N–H and O–H groups in total. The lowest BCUT2D eigenvalue weighted by atomic mass is 10.2. The molecule has 0 aliphatic carbocycles. The number of hydrogen-bond acceptors (Lipinski definition) is 7. The van der Waals surface area contributed by atoms with Crippen molar-refractivity contribution < 1.29 is 9.53 Å². The van der Waals surface area contributed by atoms with E-state index in [0.29, 0.717) is 39.3 Å². The zero-order chi connectivity index (χ0) is 19.7. The molecule has 2 saturated heterocycles. The highest BCUT2D eigenvalue weighted by atomic mass is 32.2. The van der Waals surface area contributed by atoms with Crippen LogP contribution in [0, 0.1) is 0 Å². The highest BCUT2D eigenvalue weighted by molar-refractivity contribution is 8.26. The predicted molar refractivity (Wildman–Crippen MR) is 114 cm³/mol. The van der Waals surface area contributed by atoms with Crippen molar-refractivity contribution in [2.45, 2.75) is 25.9 Å². The summed E-state index contributed by atoms with van der Waals surface area (Å²) in [6.45, 7) is 3.69. The Morgan fingerprint density at radius 3 is 3.00 bits per heavy atom. The Labute approximate surface area is 171 Å². The van der Waals surface area contributed by atoms with Gasteiger partial charge in [-0.25, -0.2) is 4.98 Å². The van der Waals surface area contributed by atoms with Gasteiger partial charge in [0.15, 0.2) is 0 Å². The molecule has 2 aromatic rings. The fourth-order valence-corrected chi connectivity index (χ4v) is 4.65. The van der Waals surface area contributed by atoms with E-state index >= 15 is 0 Å². The number of thiocarbonyl (C=S) groups is 1. The third-order valence-electron chi connectivity index (χ3n) is 4.76. The maximum absolute atomic E-state index is 13.1. The first-order valence-electron chi connectivity index (χ1n) is 9.20. The first-order valence-corrected chi connectivity index (χ1v) is 10.4. The highest BCUT2D eigenvalue weighted by Crippen LogP contribution is 2.32. The van der Waals surface area contributed by atoms with E-state index in [1.165, 1.54) is 21.1 Å². The van der Waals surface area contributed by atoms with E-state index in [4.69, 9.17) is 17.0 Å². The van der Waals surface area contributed by atoms with Crippen LogP contribution in [0.25, 0.3) is 11.7 Å². The number of rotatable bonds is 5. The number of thioether (sulfide) groups is 1. The van der Waals surface area contributed by atoms with E-state index in [1.54, 1.807) is 24.4 Å². The largest absolute Gasteiger partial charge is 0.376 e. The molecular weight excluding hydrogens is 396 g/mol. The molecule has 2 fully saturated rings. The summed E-state index contributed by atoms with van der Waals surface area (Å²) < 4.78 is 7.63. The average molecular weight is 417 g/mol. The molecule has 2 aromatic heterocycles. The van der Waals surface area contributed by atoms with E-state index in [0.717, 1.165) is 19.4 Å². The first-order chi connectivity index (χ1) is 13.6. The topological polar surface area (TPSA) is 75.9 Å². The molecule has 0 bridgehead atoms. The lowest BCUT2D eigenvalue weighted by molar-refractivity contribution is -0.121. The van der Waals surface area contributed by atoms with Gasteiger partial charge in [0, 0.05) is 25.9 Å². The molecule has 9 heteroatoms. The smallest absolute Gasteiger partial charge is 0.267 e. The van der Waals surface area contributed by atoms with Crippen LogP contribution in [0.5, 0.6) is 0 Å². The van der Waals surface area contributed by atoms with Crippen LogP contribution in [0.4, 0.5) is 5.82 Å². The second-order valence-electron chi connectivity index (χ2n) is 6.55. The minimum Gasteiger partial charge on any atom is -0.376 e. The molecule has 146 valence electrons. The summed E-state index contributed by atoms with van der Waals surface area (Å²) in [4.78, 5) is 32.3. The van der Waals surface area contributed by atoms with Gasteiger partial charge in [-0.2, -0.15) is 0 Å². The number of nitrogens with one attached hydrogen (secondary N) is 1. The molecule has 0 radical (unpaired) electrons. The van der Waals surface area contributed by atoms with Gasteiger partial charge < -0.3 is 10.1 Å². The van der Waals surface area contributed by atoms with Gasteiger partial charge in [0.05, 0.1) is 16.6 Å². The molecule has 0 unspecified atom stereocenters. The molecule has 4 rings (SSSR count). The molecular formula is C19H20N4O3S2. The van der Waals surface area contributed by atoms with E-state index in [9.17, 15) is 9.59 Å². The lowest BCUT2D eigenvalue weighted by Gasteiger charge is -2.14. The number of hydrogen-bond donors (Lipinski definition) is 1. The normalized spacial score (nSPS) is 21.2. The molecule has 2 aliphatic heterocycles. The summed E-state index contributed by atoms with van der Waals surface area (Å²) in [6.07, 6.45) is 5.38. The number of carbonyl (C=O) groups excluding carboxylic acids is 1. The lowest BCUT2D eigenvalue weighted by Crippen LogP contribution is -2.27. The number of likely N-dealkylation sites (N-methyl/N-ethyl adjacent to an activating group) is 1. The summed E-state index contributed by atoms with van der Waals surface area (Å²) in [5.41, 5.74) is 0.654. The monoisotopic (exact) mass is 416 g/mol. The second-order valence-corrected chi connectivity index (χ2v) is 8.23.